The molecule has 3 aliphatic carbocycles. The van der Waals surface area contributed by atoms with Gasteiger partial charge in [0, 0.05) is 11.8 Å². The van der Waals surface area contributed by atoms with Gasteiger partial charge >= 0.3 is 0 Å². The molecule has 0 radical (unpaired) electrons. The van der Waals surface area contributed by atoms with Crippen LogP contribution in [0.15, 0.2) is 18.2 Å². The van der Waals surface area contributed by atoms with Gasteiger partial charge in [-0.1, -0.05) is 19.4 Å². The first-order valence-corrected chi connectivity index (χ1v) is 9.39. The van der Waals surface area contributed by atoms with Crippen LogP contribution in [-0.4, -0.2) is 12.9 Å². The lowest BCUT2D eigenvalue weighted by Crippen LogP contribution is -2.44. The summed E-state index contributed by atoms with van der Waals surface area (Å²) in [5, 5.41) is 0. The molecule has 1 aromatic carbocycles. The van der Waals surface area contributed by atoms with Crippen LogP contribution in [0.4, 0.5) is 0 Å². The number of ether oxygens (including phenoxy) is 1. The summed E-state index contributed by atoms with van der Waals surface area (Å²) < 4.78 is 5.40. The summed E-state index contributed by atoms with van der Waals surface area (Å²) in [5.41, 5.74) is 3.07. The highest BCUT2D eigenvalue weighted by molar-refractivity contribution is 5.87. The first kappa shape index (κ1) is 15.2. The minimum atomic E-state index is 0.0416. The summed E-state index contributed by atoms with van der Waals surface area (Å²) in [5.74, 6) is 3.61. The van der Waals surface area contributed by atoms with Crippen LogP contribution in [0, 0.1) is 17.3 Å². The Hall–Kier alpha value is -1.31. The van der Waals surface area contributed by atoms with Crippen molar-refractivity contribution in [3.05, 3.63) is 29.3 Å². The second-order valence-electron chi connectivity index (χ2n) is 7.89. The van der Waals surface area contributed by atoms with Crippen LogP contribution >= 0.6 is 0 Å². The third-order valence-electron chi connectivity index (χ3n) is 7.08. The minimum Gasteiger partial charge on any atom is -0.497 e. The van der Waals surface area contributed by atoms with Crippen LogP contribution in [0.2, 0.25) is 0 Å². The van der Waals surface area contributed by atoms with E-state index in [9.17, 15) is 4.79 Å². The molecule has 3 aliphatic rings. The Labute approximate surface area is 139 Å². The first-order chi connectivity index (χ1) is 11.2. The maximum absolute atomic E-state index is 12.7. The lowest BCUT2D eigenvalue weighted by atomic mass is 9.54. The average molecular weight is 312 g/mol. The van der Waals surface area contributed by atoms with E-state index in [1.54, 1.807) is 12.7 Å². The van der Waals surface area contributed by atoms with Gasteiger partial charge in [-0.25, -0.2) is 0 Å². The van der Waals surface area contributed by atoms with E-state index in [2.05, 4.69) is 25.1 Å². The number of carbonyl (C=O) groups excluding carboxylic acids is 1. The molecule has 1 aromatic rings. The van der Waals surface area contributed by atoms with Gasteiger partial charge in [-0.15, -0.1) is 0 Å². The fourth-order valence-corrected chi connectivity index (χ4v) is 6.17. The zero-order valence-electron chi connectivity index (χ0n) is 14.4. The molecule has 2 fully saturated rings. The number of fused-ring (bicyclic) bond motifs is 5. The van der Waals surface area contributed by atoms with Gasteiger partial charge < -0.3 is 4.74 Å². The van der Waals surface area contributed by atoms with Crippen molar-refractivity contribution in [1.29, 1.82) is 0 Å². The average Bonchev–Trinajstić information content (AvgIpc) is 2.91. The van der Waals surface area contributed by atoms with Crippen molar-refractivity contribution in [3.8, 4) is 5.75 Å². The van der Waals surface area contributed by atoms with E-state index < -0.39 is 0 Å². The quantitative estimate of drug-likeness (QED) is 0.793. The summed E-state index contributed by atoms with van der Waals surface area (Å²) >= 11 is 0. The summed E-state index contributed by atoms with van der Waals surface area (Å²) in [6, 6.07) is 6.66. The maximum atomic E-state index is 12.7. The van der Waals surface area contributed by atoms with Gasteiger partial charge in [-0.2, -0.15) is 0 Å². The molecule has 0 bridgehead atoms. The van der Waals surface area contributed by atoms with Crippen molar-refractivity contribution in [2.24, 2.45) is 17.3 Å². The topological polar surface area (TPSA) is 26.3 Å². The Morgan fingerprint density at radius 1 is 1.22 bits per heavy atom. The van der Waals surface area contributed by atoms with E-state index in [1.807, 2.05) is 0 Å². The molecular weight excluding hydrogens is 284 g/mol. The van der Waals surface area contributed by atoms with E-state index in [4.69, 9.17) is 4.74 Å². The van der Waals surface area contributed by atoms with Crippen molar-refractivity contribution < 1.29 is 9.53 Å². The number of hydrogen-bond donors (Lipinski definition) is 0. The number of aryl methyl sites for hydroxylation is 1. The minimum absolute atomic E-state index is 0.0416. The van der Waals surface area contributed by atoms with Crippen LogP contribution in [0.1, 0.15) is 68.9 Å². The Morgan fingerprint density at radius 2 is 2.09 bits per heavy atom. The van der Waals surface area contributed by atoms with E-state index in [-0.39, 0.29) is 5.41 Å². The summed E-state index contributed by atoms with van der Waals surface area (Å²) in [4.78, 5) is 12.7. The van der Waals surface area contributed by atoms with E-state index in [0.29, 0.717) is 17.6 Å². The highest BCUT2D eigenvalue weighted by Gasteiger charge is 2.56. The van der Waals surface area contributed by atoms with Gasteiger partial charge in [0.1, 0.15) is 11.5 Å². The number of benzene rings is 1. The third-order valence-corrected chi connectivity index (χ3v) is 7.08. The van der Waals surface area contributed by atoms with Crippen LogP contribution in [0.5, 0.6) is 5.75 Å². The highest BCUT2D eigenvalue weighted by Crippen LogP contribution is 2.61. The molecule has 124 valence electrons. The molecule has 0 aliphatic heterocycles. The van der Waals surface area contributed by atoms with Crippen LogP contribution in [-0.2, 0) is 11.2 Å². The molecule has 23 heavy (non-hydrogen) atoms. The summed E-state index contributed by atoms with van der Waals surface area (Å²) in [6.45, 7) is 2.24. The molecular formula is C21H28O2. The van der Waals surface area contributed by atoms with Crippen molar-refractivity contribution in [3.63, 3.8) is 0 Å². The normalized spacial score (nSPS) is 35.4. The predicted molar refractivity (Wildman–Crippen MR) is 91.9 cm³/mol. The Bertz CT molecular complexity index is 620. The smallest absolute Gasteiger partial charge is 0.139 e. The second-order valence-corrected chi connectivity index (χ2v) is 7.89. The lowest BCUT2D eigenvalue weighted by molar-refractivity contribution is -0.131. The number of carbonyl (C=O) groups is 1. The SMILES string of the molecule is CCC[C@]12CC[C@@H]3c4ccc(OC)cc4CC[C@H]3[C@@H]1CCC2=O. The van der Waals surface area contributed by atoms with Crippen LogP contribution < -0.4 is 4.74 Å². The van der Waals surface area contributed by atoms with Crippen molar-refractivity contribution in [2.75, 3.05) is 7.11 Å². The molecule has 0 amide bonds. The molecule has 0 unspecified atom stereocenters. The van der Waals surface area contributed by atoms with Gasteiger partial charge in [-0.3, -0.25) is 4.79 Å². The van der Waals surface area contributed by atoms with Gasteiger partial charge in [0.25, 0.3) is 0 Å². The predicted octanol–water partition coefficient (Wildman–Crippen LogP) is 4.90. The standard InChI is InChI=1S/C21H28O2/c1-3-11-21-12-10-17-16-7-5-15(23-2)13-14(16)4-6-18(17)19(21)8-9-20(21)22/h5,7,13,17-19H,3-4,6,8-12H2,1-2H3/t17-,18-,19+,21+/m1/s1. The summed E-state index contributed by atoms with van der Waals surface area (Å²) in [7, 11) is 1.75. The second kappa shape index (κ2) is 5.65. The zero-order chi connectivity index (χ0) is 16.0. The van der Waals surface area contributed by atoms with Gasteiger partial charge in [-0.05, 0) is 79.5 Å². The van der Waals surface area contributed by atoms with Crippen molar-refractivity contribution in [2.45, 2.75) is 64.2 Å². The molecule has 2 saturated carbocycles. The Kier molecular flexibility index (Phi) is 3.74. The van der Waals surface area contributed by atoms with Crippen molar-refractivity contribution >= 4 is 5.78 Å². The lowest BCUT2D eigenvalue weighted by Gasteiger charge is -2.49. The number of ketones is 1. The van der Waals surface area contributed by atoms with Gasteiger partial charge in [0.2, 0.25) is 0 Å². The Morgan fingerprint density at radius 3 is 2.87 bits per heavy atom. The Balaban J connectivity index is 1.68. The molecule has 4 atom stereocenters. The number of methoxy groups -OCH3 is 1. The molecule has 2 nitrogen and oxygen atoms in total. The van der Waals surface area contributed by atoms with E-state index in [1.165, 1.54) is 18.4 Å². The third kappa shape index (κ3) is 2.17. The monoisotopic (exact) mass is 312 g/mol. The molecule has 0 spiro atoms. The number of hydrogen-bond acceptors (Lipinski definition) is 2. The molecule has 0 N–H and O–H groups in total. The summed E-state index contributed by atoms with van der Waals surface area (Å²) in [6.07, 6.45) is 8.98. The highest BCUT2D eigenvalue weighted by atomic mass is 16.5. The van der Waals surface area contributed by atoms with Crippen LogP contribution in [0.3, 0.4) is 0 Å². The molecule has 2 heteroatoms. The maximum Gasteiger partial charge on any atom is 0.139 e. The van der Waals surface area contributed by atoms with Gasteiger partial charge in [0.05, 0.1) is 7.11 Å². The molecule has 4 rings (SSSR count). The number of rotatable bonds is 3. The van der Waals surface area contributed by atoms with E-state index in [0.717, 1.165) is 50.2 Å². The molecule has 0 heterocycles. The fraction of sp³-hybridized carbons (Fsp3) is 0.667. The molecule has 0 saturated heterocycles. The fourth-order valence-electron chi connectivity index (χ4n) is 6.17. The molecule has 0 aromatic heterocycles. The van der Waals surface area contributed by atoms with Crippen molar-refractivity contribution in [1.82, 2.24) is 0 Å². The largest absolute Gasteiger partial charge is 0.497 e. The first-order valence-electron chi connectivity index (χ1n) is 9.39. The van der Waals surface area contributed by atoms with Crippen LogP contribution in [0.25, 0.3) is 0 Å². The zero-order valence-corrected chi connectivity index (χ0v) is 14.4. The van der Waals surface area contributed by atoms with Gasteiger partial charge in [0.15, 0.2) is 0 Å². The van der Waals surface area contributed by atoms with E-state index >= 15 is 0 Å². The number of Topliss-reactive ketones (excluding diaryl/α,β-unsaturated/α-hetero) is 1.